The minimum atomic E-state index is -0.0847. The average Bonchev–Trinajstić information content (AvgIpc) is 2.67. The van der Waals surface area contributed by atoms with E-state index in [9.17, 15) is 0 Å². The van der Waals surface area contributed by atoms with E-state index >= 15 is 0 Å². The Morgan fingerprint density at radius 3 is 2.23 bits per heavy atom. The van der Waals surface area contributed by atoms with Gasteiger partial charge in [-0.3, -0.25) is 0 Å². The summed E-state index contributed by atoms with van der Waals surface area (Å²) < 4.78 is 12.1. The van der Waals surface area contributed by atoms with Crippen molar-refractivity contribution in [1.29, 1.82) is 0 Å². The van der Waals surface area contributed by atoms with Crippen molar-refractivity contribution in [3.05, 3.63) is 57.7 Å². The van der Waals surface area contributed by atoms with E-state index in [0.717, 1.165) is 62.0 Å². The van der Waals surface area contributed by atoms with Crippen LogP contribution in [0.3, 0.4) is 0 Å². The minimum Gasteiger partial charge on any atom is -0.496 e. The predicted molar refractivity (Wildman–Crippen MR) is 134 cm³/mol. The van der Waals surface area contributed by atoms with Crippen molar-refractivity contribution in [3.8, 4) is 11.5 Å². The first-order valence-corrected chi connectivity index (χ1v) is 12.0. The molecule has 31 heavy (non-hydrogen) atoms. The highest BCUT2D eigenvalue weighted by atomic mass is 16.5. The van der Waals surface area contributed by atoms with Crippen LogP contribution in [0.5, 0.6) is 11.5 Å². The fourth-order valence-corrected chi connectivity index (χ4v) is 4.53. The van der Waals surface area contributed by atoms with Gasteiger partial charge in [-0.05, 0) is 117 Å². The Balaban J connectivity index is 1.85. The second-order valence-corrected chi connectivity index (χ2v) is 9.88. The summed E-state index contributed by atoms with van der Waals surface area (Å²) in [5.41, 5.74) is 8.04. The molecular weight excluding hydrogens is 380 g/mol. The third-order valence-corrected chi connectivity index (χ3v) is 6.55. The Bertz CT molecular complexity index is 837. The Morgan fingerprint density at radius 2 is 1.61 bits per heavy atom. The molecule has 2 heteroatoms. The molecule has 0 aliphatic carbocycles. The maximum Gasteiger partial charge on any atom is 0.125 e. The quantitative estimate of drug-likeness (QED) is 0.350. The van der Waals surface area contributed by atoms with E-state index in [1.165, 1.54) is 34.3 Å². The van der Waals surface area contributed by atoms with Gasteiger partial charge in [-0.2, -0.15) is 0 Å². The average molecular weight is 425 g/mol. The summed E-state index contributed by atoms with van der Waals surface area (Å²) in [6, 6.07) is 2.16. The van der Waals surface area contributed by atoms with Crippen LogP contribution in [0.15, 0.2) is 41.0 Å². The molecule has 2 nitrogen and oxygen atoms in total. The molecule has 1 aromatic carbocycles. The number of benzene rings is 1. The molecule has 0 aromatic heterocycles. The smallest absolute Gasteiger partial charge is 0.125 e. The van der Waals surface area contributed by atoms with Crippen LogP contribution >= 0.6 is 0 Å². The molecule has 0 fully saturated rings. The van der Waals surface area contributed by atoms with Gasteiger partial charge in [0.25, 0.3) is 0 Å². The number of ether oxygens (including phenoxy) is 2. The molecule has 1 atom stereocenters. The van der Waals surface area contributed by atoms with Crippen molar-refractivity contribution >= 4 is 0 Å². The van der Waals surface area contributed by atoms with Crippen LogP contribution in [0, 0.1) is 13.8 Å². The summed E-state index contributed by atoms with van der Waals surface area (Å²) in [6.07, 6.45) is 16.1. The lowest BCUT2D eigenvalue weighted by Gasteiger charge is -2.37. The van der Waals surface area contributed by atoms with Crippen molar-refractivity contribution in [2.24, 2.45) is 0 Å². The molecule has 1 aromatic rings. The zero-order valence-electron chi connectivity index (χ0n) is 21.3. The number of methoxy groups -OCH3 is 1. The SMILES string of the molecule is COc1c(C)cc2c(c1C)CCC(C)(CCC=C(C)CCC=C(C)CCC=C(C)C)O2. The molecule has 0 saturated heterocycles. The Morgan fingerprint density at radius 1 is 1.00 bits per heavy atom. The van der Waals surface area contributed by atoms with Crippen LogP contribution in [0.1, 0.15) is 96.3 Å². The van der Waals surface area contributed by atoms with Gasteiger partial charge in [-0.25, -0.2) is 0 Å². The highest BCUT2D eigenvalue weighted by Gasteiger charge is 2.32. The number of fused-ring (bicyclic) bond motifs is 1. The standard InChI is InChI=1S/C29H44O2/c1-21(2)12-9-13-22(3)14-10-15-23(4)16-11-18-29(7)19-17-26-25(6)28(30-8)24(5)20-27(26)31-29/h12,14,16,20H,9-11,13,15,17-19H2,1-8H3. The summed E-state index contributed by atoms with van der Waals surface area (Å²) in [5.74, 6) is 2.06. The molecule has 1 unspecified atom stereocenters. The van der Waals surface area contributed by atoms with Crippen molar-refractivity contribution in [2.75, 3.05) is 7.11 Å². The van der Waals surface area contributed by atoms with Gasteiger partial charge in [0.1, 0.15) is 17.1 Å². The van der Waals surface area contributed by atoms with E-state index < -0.39 is 0 Å². The molecule has 0 N–H and O–H groups in total. The summed E-state index contributed by atoms with van der Waals surface area (Å²) in [7, 11) is 1.76. The highest BCUT2D eigenvalue weighted by molar-refractivity contribution is 5.53. The monoisotopic (exact) mass is 424 g/mol. The van der Waals surface area contributed by atoms with Gasteiger partial charge < -0.3 is 9.47 Å². The lowest BCUT2D eigenvalue weighted by molar-refractivity contribution is 0.0567. The predicted octanol–water partition coefficient (Wildman–Crippen LogP) is 8.60. The summed E-state index contributed by atoms with van der Waals surface area (Å²) in [5, 5.41) is 0. The molecule has 0 radical (unpaired) electrons. The van der Waals surface area contributed by atoms with Gasteiger partial charge in [-0.1, -0.05) is 34.9 Å². The minimum absolute atomic E-state index is 0.0847. The van der Waals surface area contributed by atoms with E-state index in [0.29, 0.717) is 0 Å². The second-order valence-electron chi connectivity index (χ2n) is 9.88. The first kappa shape index (κ1) is 25.3. The summed E-state index contributed by atoms with van der Waals surface area (Å²) >= 11 is 0. The van der Waals surface area contributed by atoms with Crippen LogP contribution in [-0.4, -0.2) is 12.7 Å². The third-order valence-electron chi connectivity index (χ3n) is 6.55. The van der Waals surface area contributed by atoms with Gasteiger partial charge in [0.2, 0.25) is 0 Å². The first-order chi connectivity index (χ1) is 14.6. The number of hydrogen-bond acceptors (Lipinski definition) is 2. The maximum absolute atomic E-state index is 6.53. The lowest BCUT2D eigenvalue weighted by Crippen LogP contribution is -2.36. The number of rotatable bonds is 10. The largest absolute Gasteiger partial charge is 0.496 e. The molecule has 1 heterocycles. The first-order valence-electron chi connectivity index (χ1n) is 12.0. The molecule has 172 valence electrons. The lowest BCUT2D eigenvalue weighted by atomic mass is 9.86. The van der Waals surface area contributed by atoms with E-state index in [2.05, 4.69) is 72.8 Å². The zero-order chi connectivity index (χ0) is 23.0. The van der Waals surface area contributed by atoms with Gasteiger partial charge in [0.15, 0.2) is 0 Å². The van der Waals surface area contributed by atoms with Crippen LogP contribution in [0.2, 0.25) is 0 Å². The van der Waals surface area contributed by atoms with Gasteiger partial charge in [0, 0.05) is 5.56 Å². The topological polar surface area (TPSA) is 18.5 Å². The third kappa shape index (κ3) is 7.59. The van der Waals surface area contributed by atoms with Crippen molar-refractivity contribution in [1.82, 2.24) is 0 Å². The Labute approximate surface area is 191 Å². The van der Waals surface area contributed by atoms with Crippen LogP contribution in [0.4, 0.5) is 0 Å². The van der Waals surface area contributed by atoms with Gasteiger partial charge in [-0.15, -0.1) is 0 Å². The van der Waals surface area contributed by atoms with E-state index in [-0.39, 0.29) is 5.60 Å². The van der Waals surface area contributed by atoms with Gasteiger partial charge in [0.05, 0.1) is 7.11 Å². The number of aryl methyl sites for hydroxylation is 1. The Hall–Kier alpha value is -1.96. The molecule has 0 bridgehead atoms. The van der Waals surface area contributed by atoms with Crippen LogP contribution in [0.25, 0.3) is 0 Å². The van der Waals surface area contributed by atoms with Crippen LogP contribution in [-0.2, 0) is 6.42 Å². The fourth-order valence-electron chi connectivity index (χ4n) is 4.53. The van der Waals surface area contributed by atoms with E-state index in [4.69, 9.17) is 9.47 Å². The van der Waals surface area contributed by atoms with Crippen LogP contribution < -0.4 is 9.47 Å². The molecular formula is C29H44O2. The summed E-state index contributed by atoms with van der Waals surface area (Å²) in [6.45, 7) is 15.4. The maximum atomic E-state index is 6.53. The normalized spacial score (nSPS) is 19.0. The molecule has 1 aliphatic heterocycles. The summed E-state index contributed by atoms with van der Waals surface area (Å²) in [4.78, 5) is 0. The van der Waals surface area contributed by atoms with Gasteiger partial charge >= 0.3 is 0 Å². The Kier molecular flexibility index (Phi) is 9.47. The highest BCUT2D eigenvalue weighted by Crippen LogP contribution is 2.41. The molecule has 0 spiro atoms. The second kappa shape index (κ2) is 11.6. The number of hydrogen-bond donors (Lipinski definition) is 0. The van der Waals surface area contributed by atoms with Crippen molar-refractivity contribution in [3.63, 3.8) is 0 Å². The zero-order valence-corrected chi connectivity index (χ0v) is 21.3. The van der Waals surface area contributed by atoms with Crippen molar-refractivity contribution in [2.45, 2.75) is 105 Å². The molecule has 2 rings (SSSR count). The number of allylic oxidation sites excluding steroid dienone is 6. The van der Waals surface area contributed by atoms with E-state index in [1.54, 1.807) is 7.11 Å². The molecule has 1 aliphatic rings. The molecule has 0 saturated carbocycles. The van der Waals surface area contributed by atoms with Crippen molar-refractivity contribution < 1.29 is 9.47 Å². The molecule has 0 amide bonds. The van der Waals surface area contributed by atoms with E-state index in [1.807, 2.05) is 0 Å². The fraction of sp³-hybridized carbons (Fsp3) is 0.586.